The summed E-state index contributed by atoms with van der Waals surface area (Å²) in [6.07, 6.45) is 1.48. The molecule has 0 saturated heterocycles. The Kier molecular flexibility index (Phi) is 5.20. The van der Waals surface area contributed by atoms with Gasteiger partial charge in [-0.15, -0.1) is 11.3 Å². The van der Waals surface area contributed by atoms with Crippen LogP contribution in [0.15, 0.2) is 15.9 Å². The summed E-state index contributed by atoms with van der Waals surface area (Å²) < 4.78 is 1.10. The van der Waals surface area contributed by atoms with Gasteiger partial charge >= 0.3 is 0 Å². The van der Waals surface area contributed by atoms with Gasteiger partial charge < -0.3 is 10.4 Å². The molecule has 98 valence electrons. The van der Waals surface area contributed by atoms with Crippen LogP contribution in [-0.4, -0.2) is 22.8 Å². The molecule has 0 bridgehead atoms. The number of nitrogens with one attached hydrogen (secondary N) is 1. The van der Waals surface area contributed by atoms with Crippen LogP contribution < -0.4 is 5.32 Å². The normalized spacial score (nSPS) is 15.9. The fraction of sp³-hybridized carbons (Fsp3) is 0.692. The van der Waals surface area contributed by atoms with Crippen LogP contribution >= 0.6 is 27.3 Å². The Balaban J connectivity index is 2.41. The lowest BCUT2D eigenvalue weighted by atomic mass is 9.96. The van der Waals surface area contributed by atoms with Crippen molar-refractivity contribution in [3.8, 4) is 0 Å². The predicted molar refractivity (Wildman–Crippen MR) is 78.7 cm³/mol. The molecule has 0 amide bonds. The Labute approximate surface area is 117 Å². The van der Waals surface area contributed by atoms with E-state index in [1.165, 1.54) is 4.88 Å². The average Bonchev–Trinajstić information content (AvgIpc) is 2.47. The minimum atomic E-state index is -0.636. The molecular weight excluding hydrogens is 298 g/mol. The number of halogens is 1. The predicted octanol–water partition coefficient (Wildman–Crippen LogP) is 3.58. The van der Waals surface area contributed by atoms with Gasteiger partial charge in [-0.1, -0.05) is 0 Å². The van der Waals surface area contributed by atoms with Crippen LogP contribution in [0.5, 0.6) is 0 Å². The van der Waals surface area contributed by atoms with E-state index in [-0.39, 0.29) is 5.54 Å². The molecule has 0 aliphatic carbocycles. The van der Waals surface area contributed by atoms with E-state index in [4.69, 9.17) is 0 Å². The minimum absolute atomic E-state index is 0.113. The Morgan fingerprint density at radius 2 is 2.00 bits per heavy atom. The van der Waals surface area contributed by atoms with Crippen LogP contribution in [0.1, 0.15) is 39.0 Å². The van der Waals surface area contributed by atoms with Crippen LogP contribution in [0.25, 0.3) is 0 Å². The summed E-state index contributed by atoms with van der Waals surface area (Å²) in [5.74, 6) is 0. The highest BCUT2D eigenvalue weighted by atomic mass is 79.9. The molecule has 0 saturated carbocycles. The summed E-state index contributed by atoms with van der Waals surface area (Å²) in [5.41, 5.74) is -0.523. The zero-order chi connectivity index (χ0) is 13.1. The SMILES string of the molecule is CC(O)(CCNC(C)(C)C)Cc1cc(Br)cs1. The van der Waals surface area contributed by atoms with Crippen molar-refractivity contribution >= 4 is 27.3 Å². The minimum Gasteiger partial charge on any atom is -0.390 e. The van der Waals surface area contributed by atoms with Crippen molar-refractivity contribution in [3.05, 3.63) is 20.8 Å². The second-order valence-electron chi connectivity index (χ2n) is 5.83. The smallest absolute Gasteiger partial charge is 0.0679 e. The van der Waals surface area contributed by atoms with E-state index in [9.17, 15) is 5.11 Å². The second-order valence-corrected chi connectivity index (χ2v) is 7.74. The Hall–Kier alpha value is 0.1000. The fourth-order valence-corrected chi connectivity index (χ4v) is 3.25. The molecule has 2 nitrogen and oxygen atoms in total. The van der Waals surface area contributed by atoms with Gasteiger partial charge in [0.25, 0.3) is 0 Å². The van der Waals surface area contributed by atoms with E-state index in [1.807, 2.05) is 6.92 Å². The van der Waals surface area contributed by atoms with Crippen molar-refractivity contribution in [1.82, 2.24) is 5.32 Å². The summed E-state index contributed by atoms with van der Waals surface area (Å²) in [6.45, 7) is 9.16. The van der Waals surface area contributed by atoms with Crippen LogP contribution in [0.4, 0.5) is 0 Å². The molecule has 0 aliphatic rings. The maximum atomic E-state index is 10.3. The van der Waals surface area contributed by atoms with E-state index < -0.39 is 5.60 Å². The molecule has 0 fully saturated rings. The highest BCUT2D eigenvalue weighted by Crippen LogP contribution is 2.25. The molecule has 1 aromatic heterocycles. The third-order valence-electron chi connectivity index (χ3n) is 2.50. The number of rotatable bonds is 5. The van der Waals surface area contributed by atoms with Gasteiger partial charge in [0.05, 0.1) is 5.60 Å². The standard InChI is InChI=1S/C13H22BrNOS/c1-12(2,3)15-6-5-13(4,16)8-11-7-10(14)9-17-11/h7,9,15-16H,5-6,8H2,1-4H3. The van der Waals surface area contributed by atoms with E-state index in [0.717, 1.165) is 23.9 Å². The molecule has 0 aromatic carbocycles. The summed E-state index contributed by atoms with van der Waals surface area (Å²) in [6, 6.07) is 2.08. The van der Waals surface area contributed by atoms with Crippen LogP contribution in [-0.2, 0) is 6.42 Å². The number of hydrogen-bond acceptors (Lipinski definition) is 3. The lowest BCUT2D eigenvalue weighted by Crippen LogP contribution is -2.40. The van der Waals surface area contributed by atoms with Gasteiger partial charge in [-0.3, -0.25) is 0 Å². The summed E-state index contributed by atoms with van der Waals surface area (Å²) in [4.78, 5) is 1.22. The van der Waals surface area contributed by atoms with Crippen molar-refractivity contribution in [2.75, 3.05) is 6.54 Å². The van der Waals surface area contributed by atoms with Gasteiger partial charge in [-0.05, 0) is 62.7 Å². The second kappa shape index (κ2) is 5.83. The molecule has 1 aromatic rings. The van der Waals surface area contributed by atoms with Crippen LogP contribution in [0.2, 0.25) is 0 Å². The first kappa shape index (κ1) is 15.2. The Morgan fingerprint density at radius 1 is 1.35 bits per heavy atom. The molecule has 1 atom stereocenters. The van der Waals surface area contributed by atoms with Gasteiger partial charge in [0, 0.05) is 26.7 Å². The molecule has 1 unspecified atom stereocenters. The molecule has 0 aliphatic heterocycles. The van der Waals surface area contributed by atoms with Gasteiger partial charge in [-0.2, -0.15) is 0 Å². The molecule has 0 spiro atoms. The van der Waals surface area contributed by atoms with Gasteiger partial charge in [0.2, 0.25) is 0 Å². The largest absolute Gasteiger partial charge is 0.390 e. The topological polar surface area (TPSA) is 32.3 Å². The fourth-order valence-electron chi connectivity index (χ4n) is 1.62. The van der Waals surface area contributed by atoms with E-state index in [0.29, 0.717) is 0 Å². The van der Waals surface area contributed by atoms with Crippen molar-refractivity contribution in [2.45, 2.75) is 51.7 Å². The third-order valence-corrected chi connectivity index (χ3v) is 4.19. The maximum absolute atomic E-state index is 10.3. The summed E-state index contributed by atoms with van der Waals surface area (Å²) in [5, 5.41) is 15.8. The first-order valence-electron chi connectivity index (χ1n) is 5.88. The van der Waals surface area contributed by atoms with E-state index in [1.54, 1.807) is 11.3 Å². The molecular formula is C13H22BrNOS. The highest BCUT2D eigenvalue weighted by Gasteiger charge is 2.22. The number of hydrogen-bond donors (Lipinski definition) is 2. The molecule has 2 N–H and O–H groups in total. The Bertz CT molecular complexity index is 355. The third kappa shape index (κ3) is 6.55. The lowest BCUT2D eigenvalue weighted by Gasteiger charge is -2.26. The lowest BCUT2D eigenvalue weighted by molar-refractivity contribution is 0.0507. The molecule has 17 heavy (non-hydrogen) atoms. The van der Waals surface area contributed by atoms with Crippen LogP contribution in [0.3, 0.4) is 0 Å². The number of aliphatic hydroxyl groups is 1. The van der Waals surface area contributed by atoms with Crippen molar-refractivity contribution in [2.24, 2.45) is 0 Å². The Morgan fingerprint density at radius 3 is 2.47 bits per heavy atom. The first-order valence-corrected chi connectivity index (χ1v) is 7.56. The van der Waals surface area contributed by atoms with Crippen LogP contribution in [0, 0.1) is 0 Å². The quantitative estimate of drug-likeness (QED) is 0.869. The summed E-state index contributed by atoms with van der Waals surface area (Å²) in [7, 11) is 0. The zero-order valence-corrected chi connectivity index (χ0v) is 13.4. The van der Waals surface area contributed by atoms with Gasteiger partial charge in [-0.25, -0.2) is 0 Å². The van der Waals surface area contributed by atoms with Crippen molar-refractivity contribution in [1.29, 1.82) is 0 Å². The summed E-state index contributed by atoms with van der Waals surface area (Å²) >= 11 is 5.12. The van der Waals surface area contributed by atoms with Crippen molar-refractivity contribution in [3.63, 3.8) is 0 Å². The van der Waals surface area contributed by atoms with Crippen molar-refractivity contribution < 1.29 is 5.11 Å². The van der Waals surface area contributed by atoms with E-state index >= 15 is 0 Å². The molecule has 4 heteroatoms. The highest BCUT2D eigenvalue weighted by molar-refractivity contribution is 9.10. The van der Waals surface area contributed by atoms with Gasteiger partial charge in [0.15, 0.2) is 0 Å². The molecule has 0 radical (unpaired) electrons. The monoisotopic (exact) mass is 319 g/mol. The zero-order valence-electron chi connectivity index (χ0n) is 11.0. The molecule has 1 rings (SSSR count). The van der Waals surface area contributed by atoms with Gasteiger partial charge in [0.1, 0.15) is 0 Å². The molecule has 1 heterocycles. The van der Waals surface area contributed by atoms with E-state index in [2.05, 4.69) is 53.5 Å². The maximum Gasteiger partial charge on any atom is 0.0679 e. The average molecular weight is 320 g/mol. The number of thiophene rings is 1. The first-order chi connectivity index (χ1) is 7.68.